The summed E-state index contributed by atoms with van der Waals surface area (Å²) in [6, 6.07) is 4.13. The minimum atomic E-state index is -4.62. The number of hydrogen-bond donors (Lipinski definition) is 0. The Balaban J connectivity index is 2.30. The van der Waals surface area contributed by atoms with E-state index in [9.17, 15) is 26.4 Å². The van der Waals surface area contributed by atoms with E-state index in [1.807, 2.05) is 6.92 Å². The molecule has 6 nitrogen and oxygen atoms in total. The van der Waals surface area contributed by atoms with Gasteiger partial charge in [0.2, 0.25) is 0 Å². The maximum absolute atomic E-state index is 13.0. The van der Waals surface area contributed by atoms with Gasteiger partial charge in [-0.2, -0.15) is 23.0 Å². The number of rotatable bonds is 5. The van der Waals surface area contributed by atoms with Gasteiger partial charge in [0.1, 0.15) is 4.90 Å². The lowest BCUT2D eigenvalue weighted by atomic mass is 10.1. The van der Waals surface area contributed by atoms with Crippen LogP contribution in [0.1, 0.15) is 19.4 Å². The molecular formula is C18H16F3N3O3S2. The maximum atomic E-state index is 13.0. The number of alkyl halides is 3. The molecule has 3 aromatic rings. The number of fused-ring (bicyclic) bond motifs is 1. The minimum absolute atomic E-state index is 0.195. The molecule has 2 aromatic heterocycles. The van der Waals surface area contributed by atoms with Crippen LogP contribution in [0.4, 0.5) is 13.2 Å². The third-order valence-corrected chi connectivity index (χ3v) is 6.73. The van der Waals surface area contributed by atoms with E-state index < -0.39 is 27.1 Å². The highest BCUT2D eigenvalue weighted by atomic mass is 32.2. The first-order chi connectivity index (χ1) is 13.6. The van der Waals surface area contributed by atoms with Crippen LogP contribution in [0.2, 0.25) is 0 Å². The van der Waals surface area contributed by atoms with Crippen molar-refractivity contribution in [2.75, 3.05) is 11.5 Å². The maximum Gasteiger partial charge on any atom is 0.416 e. The second-order valence-corrected chi connectivity index (χ2v) is 9.57. The van der Waals surface area contributed by atoms with E-state index in [4.69, 9.17) is 0 Å². The highest BCUT2D eigenvalue weighted by Crippen LogP contribution is 2.31. The van der Waals surface area contributed by atoms with Crippen LogP contribution in [0.3, 0.4) is 0 Å². The standard InChI is InChI=1S/C18H16F3N3O3S2/c1-3-28-13-8-15(29(26,27)4-2)16(22-10-13)24-17(25)14-7-12(18(19,20)21)6-5-11(14)9-23-24/h5-10H,3-4H2,1-2H3. The molecule has 1 aromatic carbocycles. The van der Waals surface area contributed by atoms with Gasteiger partial charge in [-0.3, -0.25) is 4.79 Å². The number of benzene rings is 1. The molecule has 0 spiro atoms. The highest BCUT2D eigenvalue weighted by molar-refractivity contribution is 7.99. The van der Waals surface area contributed by atoms with Gasteiger partial charge in [0.25, 0.3) is 5.56 Å². The van der Waals surface area contributed by atoms with Gasteiger partial charge in [0.05, 0.1) is 22.9 Å². The zero-order chi connectivity index (χ0) is 21.4. The lowest BCUT2D eigenvalue weighted by molar-refractivity contribution is -0.137. The molecule has 0 N–H and O–H groups in total. The van der Waals surface area contributed by atoms with Crippen LogP contribution in [0, 0.1) is 0 Å². The lowest BCUT2D eigenvalue weighted by Crippen LogP contribution is -2.25. The Kier molecular flexibility index (Phi) is 5.72. The van der Waals surface area contributed by atoms with Crippen molar-refractivity contribution in [3.63, 3.8) is 0 Å². The van der Waals surface area contributed by atoms with Crippen LogP contribution < -0.4 is 5.56 Å². The summed E-state index contributed by atoms with van der Waals surface area (Å²) < 4.78 is 65.0. The van der Waals surface area contributed by atoms with Gasteiger partial charge in [-0.15, -0.1) is 11.8 Å². The summed E-state index contributed by atoms with van der Waals surface area (Å²) in [7, 11) is -3.77. The van der Waals surface area contributed by atoms with Crippen LogP contribution in [-0.4, -0.2) is 34.7 Å². The fourth-order valence-corrected chi connectivity index (χ4v) is 4.45. The zero-order valence-electron chi connectivity index (χ0n) is 15.4. The van der Waals surface area contributed by atoms with Gasteiger partial charge < -0.3 is 0 Å². The average molecular weight is 443 g/mol. The molecule has 0 bridgehead atoms. The fraction of sp³-hybridized carbons (Fsp3) is 0.278. The van der Waals surface area contributed by atoms with Crippen molar-refractivity contribution in [2.24, 2.45) is 0 Å². The van der Waals surface area contributed by atoms with E-state index in [2.05, 4.69) is 10.1 Å². The van der Waals surface area contributed by atoms with Crippen molar-refractivity contribution in [3.05, 3.63) is 52.6 Å². The molecule has 0 atom stereocenters. The van der Waals surface area contributed by atoms with Gasteiger partial charge in [0.15, 0.2) is 15.7 Å². The van der Waals surface area contributed by atoms with E-state index in [0.29, 0.717) is 10.6 Å². The Hall–Kier alpha value is -2.40. The summed E-state index contributed by atoms with van der Waals surface area (Å²) in [5.74, 6) is 0.209. The summed E-state index contributed by atoms with van der Waals surface area (Å²) in [6.45, 7) is 3.34. The third-order valence-electron chi connectivity index (χ3n) is 4.15. The highest BCUT2D eigenvalue weighted by Gasteiger charge is 2.31. The van der Waals surface area contributed by atoms with E-state index in [1.165, 1.54) is 37.1 Å². The van der Waals surface area contributed by atoms with Crippen molar-refractivity contribution in [1.29, 1.82) is 0 Å². The number of sulfone groups is 1. The monoisotopic (exact) mass is 443 g/mol. The SMILES string of the molecule is CCSc1cnc(-n2ncc3ccc(C(F)(F)F)cc3c2=O)c(S(=O)(=O)CC)c1. The Morgan fingerprint density at radius 3 is 2.48 bits per heavy atom. The molecule has 29 heavy (non-hydrogen) atoms. The first-order valence-electron chi connectivity index (χ1n) is 8.53. The molecule has 11 heteroatoms. The lowest BCUT2D eigenvalue weighted by Gasteiger charge is -2.12. The number of halogens is 3. The molecule has 0 saturated heterocycles. The fourth-order valence-electron chi connectivity index (χ4n) is 2.68. The Bertz CT molecular complexity index is 1240. The summed E-state index contributed by atoms with van der Waals surface area (Å²) in [4.78, 5) is 17.4. The van der Waals surface area contributed by atoms with Crippen molar-refractivity contribution in [2.45, 2.75) is 29.8 Å². The van der Waals surface area contributed by atoms with E-state index in [-0.39, 0.29) is 27.2 Å². The molecule has 3 rings (SSSR count). The smallest absolute Gasteiger partial charge is 0.267 e. The number of pyridine rings is 1. The molecule has 0 radical (unpaired) electrons. The average Bonchev–Trinajstić information content (AvgIpc) is 2.68. The molecule has 0 aliphatic heterocycles. The van der Waals surface area contributed by atoms with Crippen molar-refractivity contribution < 1.29 is 21.6 Å². The first-order valence-corrected chi connectivity index (χ1v) is 11.2. The Morgan fingerprint density at radius 2 is 1.86 bits per heavy atom. The predicted molar refractivity (Wildman–Crippen MR) is 104 cm³/mol. The molecule has 0 unspecified atom stereocenters. The molecule has 154 valence electrons. The molecule has 0 aliphatic carbocycles. The molecule has 0 saturated carbocycles. The van der Waals surface area contributed by atoms with E-state index in [0.717, 1.165) is 22.9 Å². The minimum Gasteiger partial charge on any atom is -0.267 e. The van der Waals surface area contributed by atoms with Crippen LogP contribution in [0.25, 0.3) is 16.6 Å². The van der Waals surface area contributed by atoms with Crippen LogP contribution in [-0.2, 0) is 16.0 Å². The number of hydrogen-bond acceptors (Lipinski definition) is 6. The second-order valence-electron chi connectivity index (χ2n) is 5.99. The van der Waals surface area contributed by atoms with Crippen molar-refractivity contribution >= 4 is 32.4 Å². The van der Waals surface area contributed by atoms with Crippen LogP contribution >= 0.6 is 11.8 Å². The van der Waals surface area contributed by atoms with Gasteiger partial charge in [-0.05, 0) is 24.0 Å². The topological polar surface area (TPSA) is 81.9 Å². The van der Waals surface area contributed by atoms with Crippen molar-refractivity contribution in [3.8, 4) is 5.82 Å². The molecule has 2 heterocycles. The van der Waals surface area contributed by atoms with E-state index in [1.54, 1.807) is 0 Å². The quantitative estimate of drug-likeness (QED) is 0.559. The molecular weight excluding hydrogens is 427 g/mol. The van der Waals surface area contributed by atoms with Crippen molar-refractivity contribution in [1.82, 2.24) is 14.8 Å². The number of aromatic nitrogens is 3. The summed E-state index contributed by atoms with van der Waals surface area (Å²) in [5.41, 5.74) is -1.87. The Morgan fingerprint density at radius 1 is 1.14 bits per heavy atom. The van der Waals surface area contributed by atoms with Gasteiger partial charge >= 0.3 is 6.18 Å². The Labute approximate surface area is 168 Å². The largest absolute Gasteiger partial charge is 0.416 e. The molecule has 0 fully saturated rings. The van der Waals surface area contributed by atoms with E-state index >= 15 is 0 Å². The summed E-state index contributed by atoms with van der Waals surface area (Å²) in [5, 5.41) is 3.91. The second kappa shape index (κ2) is 7.79. The van der Waals surface area contributed by atoms with Gasteiger partial charge in [-0.1, -0.05) is 19.9 Å². The predicted octanol–water partition coefficient (Wildman–Crippen LogP) is 3.71. The normalized spacial score (nSPS) is 12.4. The van der Waals surface area contributed by atoms with Crippen LogP contribution in [0.5, 0.6) is 0 Å². The summed E-state index contributed by atoms with van der Waals surface area (Å²) >= 11 is 1.37. The zero-order valence-corrected chi connectivity index (χ0v) is 17.0. The van der Waals surface area contributed by atoms with Gasteiger partial charge in [0, 0.05) is 16.5 Å². The summed E-state index contributed by atoms with van der Waals surface area (Å²) in [6.07, 6.45) is -2.01. The molecule has 0 amide bonds. The number of nitrogens with zero attached hydrogens (tertiary/aromatic N) is 3. The molecule has 0 aliphatic rings. The van der Waals surface area contributed by atoms with Crippen LogP contribution in [0.15, 0.2) is 51.2 Å². The third kappa shape index (κ3) is 4.15. The number of thioether (sulfide) groups is 1. The van der Waals surface area contributed by atoms with Gasteiger partial charge in [-0.25, -0.2) is 13.4 Å². The first kappa shape index (κ1) is 21.3.